The lowest BCUT2D eigenvalue weighted by molar-refractivity contribution is -0.149. The summed E-state index contributed by atoms with van der Waals surface area (Å²) in [5.74, 6) is 3.01. The van der Waals surface area contributed by atoms with Crippen LogP contribution in [-0.2, 0) is 30.6 Å². The third kappa shape index (κ3) is 4.49. The molecule has 0 aromatic carbocycles. The first-order chi connectivity index (χ1) is 16.0. The number of nitrogens with zero attached hydrogens (tertiary/aromatic N) is 4. The molecule has 2 unspecified atom stereocenters. The largest absolute Gasteiger partial charge is 0.462 e. The van der Waals surface area contributed by atoms with Crippen molar-refractivity contribution >= 4 is 47.3 Å². The number of ether oxygens (including phenoxy) is 2. The Labute approximate surface area is 202 Å². The molecule has 1 saturated carbocycles. The van der Waals surface area contributed by atoms with Crippen molar-refractivity contribution in [3.8, 4) is 12.3 Å². The van der Waals surface area contributed by atoms with Crippen molar-refractivity contribution in [2.45, 2.75) is 57.6 Å². The van der Waals surface area contributed by atoms with Crippen LogP contribution in [0.25, 0.3) is 11.2 Å². The van der Waals surface area contributed by atoms with Gasteiger partial charge < -0.3 is 34.5 Å². The molecule has 4 rings (SSSR count). The normalized spacial score (nSPS) is 28.2. The molecule has 0 radical (unpaired) electrons. The number of carbonyl (C=O) groups excluding carboxylic acids is 1. The van der Waals surface area contributed by atoms with Gasteiger partial charge in [-0.3, -0.25) is 4.79 Å². The van der Waals surface area contributed by atoms with Crippen molar-refractivity contribution in [2.75, 3.05) is 24.7 Å². The third-order valence-corrected chi connectivity index (χ3v) is 7.70. The molecule has 5 N–H and O–H groups in total. The molecule has 0 amide bonds. The van der Waals surface area contributed by atoms with Gasteiger partial charge in [0.2, 0.25) is 5.95 Å². The second kappa shape index (κ2) is 9.03. The first-order valence-corrected chi connectivity index (χ1v) is 13.4. The number of hydrogen-bond donors (Lipinski definition) is 4. The Kier molecular flexibility index (Phi) is 6.58. The van der Waals surface area contributed by atoms with Crippen molar-refractivity contribution < 1.29 is 23.7 Å². The molecule has 34 heavy (non-hydrogen) atoms. The molecule has 2 aromatic rings. The van der Waals surface area contributed by atoms with E-state index in [2.05, 4.69) is 31.3 Å². The van der Waals surface area contributed by atoms with Gasteiger partial charge in [-0.1, -0.05) is 5.92 Å². The molecule has 2 aromatic heterocycles. The maximum Gasteiger partial charge on any atom is 0.323 e. The van der Waals surface area contributed by atoms with Crippen LogP contribution in [0.2, 0.25) is 0 Å². The monoisotopic (exact) mass is 509 g/mol. The fraction of sp³-hybridized carbons (Fsp3) is 0.600. The molecular formula is C20H28N7O5PS. The number of hydrogen-bond acceptors (Lipinski definition) is 10. The maximum atomic E-state index is 12.0. The molecule has 1 aliphatic heterocycles. The zero-order valence-corrected chi connectivity index (χ0v) is 21.0. The highest BCUT2D eigenvalue weighted by Gasteiger charge is 2.72. The zero-order valence-electron chi connectivity index (χ0n) is 19.3. The van der Waals surface area contributed by atoms with Crippen LogP contribution < -0.4 is 16.1 Å². The highest BCUT2D eigenvalue weighted by Crippen LogP contribution is 2.66. The average molecular weight is 510 g/mol. The Balaban J connectivity index is 1.40. The predicted molar refractivity (Wildman–Crippen MR) is 129 cm³/mol. The van der Waals surface area contributed by atoms with Crippen LogP contribution >= 0.6 is 6.64 Å². The van der Waals surface area contributed by atoms with Gasteiger partial charge in [-0.05, 0) is 39.0 Å². The minimum absolute atomic E-state index is 0.0308. The number of nitrogen functional groups attached to an aromatic ring is 1. The molecule has 0 spiro atoms. The zero-order chi connectivity index (χ0) is 24.8. The lowest BCUT2D eigenvalue weighted by Gasteiger charge is -2.24. The van der Waals surface area contributed by atoms with Gasteiger partial charge in [0.1, 0.15) is 6.04 Å². The first kappa shape index (κ1) is 24.8. The predicted octanol–water partition coefficient (Wildman–Crippen LogP) is 0.945. The van der Waals surface area contributed by atoms with E-state index in [1.165, 1.54) is 0 Å². The number of fused-ring (bicyclic) bond motifs is 2. The highest BCUT2D eigenvalue weighted by molar-refractivity contribution is 8.08. The van der Waals surface area contributed by atoms with Gasteiger partial charge in [0.05, 0.1) is 42.7 Å². The van der Waals surface area contributed by atoms with Crippen LogP contribution in [0, 0.1) is 17.8 Å². The van der Waals surface area contributed by atoms with Gasteiger partial charge >= 0.3 is 5.97 Å². The molecule has 6 atom stereocenters. The standard InChI is InChI=1S/C20H28N7O5PS/c1-6-20-7-12(8-30-33(29,34)26-11(4)18(28)31-10(2)3)32-15(20)14(20)27-9-23-13-16(22-5)24-19(21)25-17(13)27/h1,9-12,14-15H,7-8H2,2-5H3,(H2,26,29,34)(H3,21,22,24,25)/t11-,12-,14?,15-,20-,33?/m0/s1. The van der Waals surface area contributed by atoms with Crippen molar-refractivity contribution in [1.29, 1.82) is 0 Å². The van der Waals surface area contributed by atoms with Crippen LogP contribution in [0.4, 0.5) is 11.8 Å². The maximum absolute atomic E-state index is 12.0. The molecule has 2 aliphatic rings. The summed E-state index contributed by atoms with van der Waals surface area (Å²) >= 11 is 5.15. The van der Waals surface area contributed by atoms with E-state index in [9.17, 15) is 9.69 Å². The van der Waals surface area contributed by atoms with E-state index in [4.69, 9.17) is 38.0 Å². The number of carbonyl (C=O) groups is 1. The fourth-order valence-electron chi connectivity index (χ4n) is 4.33. The number of anilines is 2. The summed E-state index contributed by atoms with van der Waals surface area (Å²) < 4.78 is 18.7. The Morgan fingerprint density at radius 3 is 2.88 bits per heavy atom. The molecule has 3 heterocycles. The van der Waals surface area contributed by atoms with E-state index in [1.54, 1.807) is 34.1 Å². The van der Waals surface area contributed by atoms with E-state index in [0.717, 1.165) is 0 Å². The van der Waals surface area contributed by atoms with Gasteiger partial charge in [-0.25, -0.2) is 10.1 Å². The summed E-state index contributed by atoms with van der Waals surface area (Å²) in [6.45, 7) is 1.61. The molecule has 14 heteroatoms. The summed E-state index contributed by atoms with van der Waals surface area (Å²) in [6, 6.07) is -0.983. The number of esters is 1. The first-order valence-electron chi connectivity index (χ1n) is 10.8. The Morgan fingerprint density at radius 1 is 1.53 bits per heavy atom. The Bertz CT molecular complexity index is 1200. The quantitative estimate of drug-likeness (QED) is 0.216. The molecule has 1 saturated heterocycles. The number of nitrogens with one attached hydrogen (secondary N) is 2. The molecule has 1 aliphatic carbocycles. The van der Waals surface area contributed by atoms with E-state index >= 15 is 0 Å². The number of terminal acetylenes is 1. The second-order valence-electron chi connectivity index (χ2n) is 8.67. The van der Waals surface area contributed by atoms with Crippen molar-refractivity contribution in [1.82, 2.24) is 24.6 Å². The lowest BCUT2D eigenvalue weighted by atomic mass is 10.0. The summed E-state index contributed by atoms with van der Waals surface area (Å²) in [5.41, 5.74) is 6.44. The second-order valence-corrected chi connectivity index (χ2v) is 11.7. The minimum Gasteiger partial charge on any atom is -0.462 e. The van der Waals surface area contributed by atoms with Gasteiger partial charge in [-0.2, -0.15) is 9.97 Å². The summed E-state index contributed by atoms with van der Waals surface area (Å²) in [4.78, 5) is 35.3. The van der Waals surface area contributed by atoms with Crippen LogP contribution in [0.15, 0.2) is 6.33 Å². The highest BCUT2D eigenvalue weighted by atomic mass is 32.5. The third-order valence-electron chi connectivity index (χ3n) is 5.86. The molecule has 0 bridgehead atoms. The van der Waals surface area contributed by atoms with E-state index < -0.39 is 24.1 Å². The van der Waals surface area contributed by atoms with E-state index in [0.29, 0.717) is 23.4 Å². The van der Waals surface area contributed by atoms with Crippen molar-refractivity contribution in [2.24, 2.45) is 5.41 Å². The number of nitrogens with two attached hydrogens (primary N) is 1. The van der Waals surface area contributed by atoms with E-state index in [-0.39, 0.29) is 36.9 Å². The summed E-state index contributed by atoms with van der Waals surface area (Å²) in [5, 5.41) is 5.61. The summed E-state index contributed by atoms with van der Waals surface area (Å²) in [6.07, 6.45) is 7.16. The number of aromatic nitrogens is 4. The van der Waals surface area contributed by atoms with E-state index in [1.807, 2.05) is 4.57 Å². The average Bonchev–Trinajstić information content (AvgIpc) is 3.05. The van der Waals surface area contributed by atoms with Gasteiger partial charge in [0, 0.05) is 7.05 Å². The number of rotatable bonds is 9. The minimum atomic E-state index is -3.45. The Morgan fingerprint density at radius 2 is 2.26 bits per heavy atom. The molecule has 184 valence electrons. The Hall–Kier alpha value is -2.33. The number of imidazole rings is 1. The molecule has 2 fully saturated rings. The van der Waals surface area contributed by atoms with Crippen LogP contribution in [-0.4, -0.2) is 68.4 Å². The van der Waals surface area contributed by atoms with Gasteiger partial charge in [-0.15, -0.1) is 6.42 Å². The molecular weight excluding hydrogens is 481 g/mol. The van der Waals surface area contributed by atoms with Crippen LogP contribution in [0.1, 0.15) is 33.2 Å². The van der Waals surface area contributed by atoms with Crippen molar-refractivity contribution in [3.05, 3.63) is 6.33 Å². The SMILES string of the molecule is C#C[C@@]12C[C@@H](COP(O)(=S)N[C@@H](C)C(=O)OC(C)C)O[C@H]1C2n1cnc2c(NC)nc(N)nc21. The molecule has 12 nitrogen and oxygen atoms in total. The van der Waals surface area contributed by atoms with Gasteiger partial charge in [0.25, 0.3) is 6.64 Å². The fourth-order valence-corrected chi connectivity index (χ4v) is 6.03. The topological polar surface area (TPSA) is 159 Å². The smallest absolute Gasteiger partial charge is 0.323 e. The lowest BCUT2D eigenvalue weighted by Crippen LogP contribution is -2.35. The van der Waals surface area contributed by atoms with Gasteiger partial charge in [0.15, 0.2) is 17.0 Å². The van der Waals surface area contributed by atoms with Crippen LogP contribution in [0.5, 0.6) is 0 Å². The summed E-state index contributed by atoms with van der Waals surface area (Å²) in [7, 11) is 1.73. The van der Waals surface area contributed by atoms with Crippen molar-refractivity contribution in [3.63, 3.8) is 0 Å². The van der Waals surface area contributed by atoms with Crippen LogP contribution in [0.3, 0.4) is 0 Å².